The lowest BCUT2D eigenvalue weighted by Crippen LogP contribution is -2.43. The molecule has 22 heavy (non-hydrogen) atoms. The highest BCUT2D eigenvalue weighted by Crippen LogP contribution is 2.31. The molecule has 0 amide bonds. The molecule has 1 atom stereocenters. The van der Waals surface area contributed by atoms with Crippen LogP contribution in [0, 0.1) is 5.92 Å². The first-order valence-electron chi connectivity index (χ1n) is 7.05. The Hall–Kier alpha value is -1.00. The van der Waals surface area contributed by atoms with Crippen molar-refractivity contribution in [1.29, 1.82) is 0 Å². The number of aromatic carboxylic acids is 1. The van der Waals surface area contributed by atoms with Crippen molar-refractivity contribution in [1.82, 2.24) is 4.31 Å². The Morgan fingerprint density at radius 2 is 2.05 bits per heavy atom. The number of piperidine rings is 1. The maximum Gasteiger partial charge on any atom is 0.345 e. The molecule has 1 unspecified atom stereocenters. The van der Waals surface area contributed by atoms with Gasteiger partial charge in [-0.05, 0) is 25.0 Å². The molecular formula is C13H17NO6S2. The number of sulfonamides is 1. The number of hydrogen-bond acceptors (Lipinski definition) is 6. The SMILES string of the molecule is O=C(O)c1ccc(S(=O)(=O)N2CCCC(C3OCCO3)C2)s1. The summed E-state index contributed by atoms with van der Waals surface area (Å²) >= 11 is 0.783. The lowest BCUT2D eigenvalue weighted by molar-refractivity contribution is -0.0940. The first-order chi connectivity index (χ1) is 10.5. The molecule has 0 bridgehead atoms. The molecule has 3 heterocycles. The molecule has 0 spiro atoms. The molecule has 2 aliphatic rings. The molecule has 2 saturated heterocycles. The summed E-state index contributed by atoms with van der Waals surface area (Å²) in [4.78, 5) is 10.9. The zero-order valence-electron chi connectivity index (χ0n) is 11.8. The predicted octanol–water partition coefficient (Wildman–Crippen LogP) is 1.22. The third kappa shape index (κ3) is 3.04. The molecular weight excluding hydrogens is 330 g/mol. The maximum atomic E-state index is 12.6. The fourth-order valence-corrected chi connectivity index (χ4v) is 5.60. The van der Waals surface area contributed by atoms with Gasteiger partial charge in [-0.3, -0.25) is 0 Å². The molecule has 1 aromatic rings. The number of carboxylic acids is 1. The van der Waals surface area contributed by atoms with Gasteiger partial charge in [-0.2, -0.15) is 4.31 Å². The van der Waals surface area contributed by atoms with Crippen molar-refractivity contribution in [3.63, 3.8) is 0 Å². The van der Waals surface area contributed by atoms with Gasteiger partial charge in [-0.25, -0.2) is 13.2 Å². The van der Waals surface area contributed by atoms with Gasteiger partial charge in [-0.15, -0.1) is 11.3 Å². The van der Waals surface area contributed by atoms with Crippen LogP contribution in [0.4, 0.5) is 0 Å². The molecule has 2 fully saturated rings. The highest BCUT2D eigenvalue weighted by Gasteiger charge is 2.36. The van der Waals surface area contributed by atoms with Crippen molar-refractivity contribution >= 4 is 27.3 Å². The number of thiophene rings is 1. The van der Waals surface area contributed by atoms with E-state index < -0.39 is 16.0 Å². The minimum absolute atomic E-state index is 0.0185. The van der Waals surface area contributed by atoms with E-state index in [1.54, 1.807) is 0 Å². The molecule has 0 saturated carbocycles. The van der Waals surface area contributed by atoms with Gasteiger partial charge in [0.25, 0.3) is 10.0 Å². The van der Waals surface area contributed by atoms with Gasteiger partial charge in [-0.1, -0.05) is 0 Å². The van der Waals surface area contributed by atoms with Crippen LogP contribution in [0.3, 0.4) is 0 Å². The van der Waals surface area contributed by atoms with E-state index in [0.717, 1.165) is 24.2 Å². The Bertz CT molecular complexity index is 649. The summed E-state index contributed by atoms with van der Waals surface area (Å²) in [7, 11) is -3.66. The minimum Gasteiger partial charge on any atom is -0.477 e. The number of nitrogens with zero attached hydrogens (tertiary/aromatic N) is 1. The highest BCUT2D eigenvalue weighted by atomic mass is 32.2. The van der Waals surface area contributed by atoms with Crippen LogP contribution in [0.25, 0.3) is 0 Å². The lowest BCUT2D eigenvalue weighted by atomic mass is 9.99. The van der Waals surface area contributed by atoms with Crippen LogP contribution >= 0.6 is 11.3 Å². The molecule has 7 nitrogen and oxygen atoms in total. The predicted molar refractivity (Wildman–Crippen MR) is 78.5 cm³/mol. The number of carbonyl (C=O) groups is 1. The second kappa shape index (κ2) is 6.25. The topological polar surface area (TPSA) is 93.1 Å². The molecule has 122 valence electrons. The molecule has 0 aliphatic carbocycles. The average Bonchev–Trinajstić information content (AvgIpc) is 3.19. The van der Waals surface area contributed by atoms with Crippen molar-refractivity contribution in [2.45, 2.75) is 23.3 Å². The van der Waals surface area contributed by atoms with E-state index in [9.17, 15) is 13.2 Å². The van der Waals surface area contributed by atoms with Crippen molar-refractivity contribution in [2.75, 3.05) is 26.3 Å². The van der Waals surface area contributed by atoms with E-state index in [1.807, 2.05) is 0 Å². The third-order valence-corrected chi connectivity index (χ3v) is 7.25. The van der Waals surface area contributed by atoms with Crippen LogP contribution in [-0.2, 0) is 19.5 Å². The third-order valence-electron chi connectivity index (χ3n) is 3.84. The number of rotatable bonds is 4. The van der Waals surface area contributed by atoms with Gasteiger partial charge in [0.15, 0.2) is 6.29 Å². The smallest absolute Gasteiger partial charge is 0.345 e. The van der Waals surface area contributed by atoms with Crippen molar-refractivity contribution in [2.24, 2.45) is 5.92 Å². The molecule has 0 aromatic carbocycles. The summed E-state index contributed by atoms with van der Waals surface area (Å²) < 4.78 is 37.7. The maximum absolute atomic E-state index is 12.6. The summed E-state index contributed by atoms with van der Waals surface area (Å²) in [5.74, 6) is -1.10. The van der Waals surface area contributed by atoms with Crippen LogP contribution in [0.5, 0.6) is 0 Å². The standard InChI is InChI=1S/C13H17NO6S2/c15-12(16)10-3-4-11(21-10)22(17,18)14-5-1-2-9(8-14)13-19-6-7-20-13/h3-4,9,13H,1-2,5-8H2,(H,15,16). The van der Waals surface area contributed by atoms with Gasteiger partial charge < -0.3 is 14.6 Å². The number of carboxylic acid groups (broad SMARTS) is 1. The van der Waals surface area contributed by atoms with Crippen LogP contribution in [-0.4, -0.2) is 56.4 Å². The van der Waals surface area contributed by atoms with E-state index in [0.29, 0.717) is 26.3 Å². The monoisotopic (exact) mass is 347 g/mol. The van der Waals surface area contributed by atoms with E-state index >= 15 is 0 Å². The molecule has 0 radical (unpaired) electrons. The van der Waals surface area contributed by atoms with Crippen LogP contribution in [0.2, 0.25) is 0 Å². The van der Waals surface area contributed by atoms with Crippen LogP contribution in [0.1, 0.15) is 22.5 Å². The quantitative estimate of drug-likeness (QED) is 0.880. The fourth-order valence-electron chi connectivity index (χ4n) is 2.76. The number of hydrogen-bond donors (Lipinski definition) is 1. The zero-order valence-corrected chi connectivity index (χ0v) is 13.4. The molecule has 1 aromatic heterocycles. The zero-order chi connectivity index (χ0) is 15.7. The minimum atomic E-state index is -3.66. The molecule has 2 aliphatic heterocycles. The van der Waals surface area contributed by atoms with E-state index in [2.05, 4.69) is 0 Å². The van der Waals surface area contributed by atoms with E-state index in [-0.39, 0.29) is 21.3 Å². The van der Waals surface area contributed by atoms with E-state index in [4.69, 9.17) is 14.6 Å². The highest BCUT2D eigenvalue weighted by molar-refractivity contribution is 7.91. The Morgan fingerprint density at radius 3 is 2.68 bits per heavy atom. The van der Waals surface area contributed by atoms with Crippen molar-refractivity contribution < 1.29 is 27.8 Å². The van der Waals surface area contributed by atoms with Gasteiger partial charge in [0.05, 0.1) is 13.2 Å². The van der Waals surface area contributed by atoms with Crippen LogP contribution in [0.15, 0.2) is 16.3 Å². The summed E-state index contributed by atoms with van der Waals surface area (Å²) in [5.41, 5.74) is 0. The molecule has 9 heteroatoms. The Morgan fingerprint density at radius 1 is 1.32 bits per heavy atom. The van der Waals surface area contributed by atoms with Gasteiger partial charge >= 0.3 is 5.97 Å². The fraction of sp³-hybridized carbons (Fsp3) is 0.615. The van der Waals surface area contributed by atoms with Crippen molar-refractivity contribution in [3.8, 4) is 0 Å². The largest absolute Gasteiger partial charge is 0.477 e. The first kappa shape index (κ1) is 15.9. The van der Waals surface area contributed by atoms with Crippen molar-refractivity contribution in [3.05, 3.63) is 17.0 Å². The summed E-state index contributed by atoms with van der Waals surface area (Å²) in [6, 6.07) is 2.68. The van der Waals surface area contributed by atoms with Crippen LogP contribution < -0.4 is 0 Å². The summed E-state index contributed by atoms with van der Waals surface area (Å²) in [6.45, 7) is 1.86. The van der Waals surface area contributed by atoms with Gasteiger partial charge in [0.2, 0.25) is 0 Å². The number of ether oxygens (including phenoxy) is 2. The summed E-state index contributed by atoms with van der Waals surface area (Å²) in [6.07, 6.45) is 1.27. The Balaban J connectivity index is 1.77. The first-order valence-corrected chi connectivity index (χ1v) is 9.30. The second-order valence-corrected chi connectivity index (χ2v) is 8.55. The summed E-state index contributed by atoms with van der Waals surface area (Å²) in [5, 5.41) is 8.93. The van der Waals surface area contributed by atoms with Gasteiger partial charge in [0.1, 0.15) is 9.09 Å². The Kier molecular flexibility index (Phi) is 4.51. The average molecular weight is 347 g/mol. The normalized spacial score (nSPS) is 24.6. The second-order valence-electron chi connectivity index (χ2n) is 5.30. The lowest BCUT2D eigenvalue weighted by Gasteiger charge is -2.33. The molecule has 3 rings (SSSR count). The molecule has 1 N–H and O–H groups in total. The van der Waals surface area contributed by atoms with Gasteiger partial charge in [0, 0.05) is 19.0 Å². The Labute approximate surface area is 132 Å². The van der Waals surface area contributed by atoms with E-state index in [1.165, 1.54) is 16.4 Å².